The molecule has 0 amide bonds. The van der Waals surface area contributed by atoms with Gasteiger partial charge in [0.2, 0.25) is 0 Å². The predicted octanol–water partition coefficient (Wildman–Crippen LogP) is 11.4. The zero-order valence-electron chi connectivity index (χ0n) is 28.8. The lowest BCUT2D eigenvalue weighted by atomic mass is 9.92. The van der Waals surface area contributed by atoms with Gasteiger partial charge in [0.25, 0.3) is 0 Å². The molecular formula is C42H17F9N4O3. The summed E-state index contributed by atoms with van der Waals surface area (Å²) in [5, 5.41) is 40.5. The number of hydrogen-bond acceptors (Lipinski definition) is 7. The number of rotatable bonds is 6. The lowest BCUT2D eigenvalue weighted by Crippen LogP contribution is -2.20. The molecule has 286 valence electrons. The van der Waals surface area contributed by atoms with Gasteiger partial charge in [0.05, 0.1) is 0 Å². The number of benzene rings is 5. The molecule has 0 aliphatic heterocycles. The number of ether oxygens (including phenoxy) is 3. The maximum Gasteiger partial charge on any atom is 0.573 e. The molecule has 0 saturated heterocycles. The normalized spacial score (nSPS) is 12.5. The van der Waals surface area contributed by atoms with Gasteiger partial charge < -0.3 is 14.2 Å². The summed E-state index contributed by atoms with van der Waals surface area (Å²) in [6.07, 6.45) is -14.8. The van der Waals surface area contributed by atoms with Gasteiger partial charge in [-0.2, -0.15) is 34.2 Å². The minimum Gasteiger partial charge on any atom is -0.483 e. The third kappa shape index (κ3) is 7.23. The first-order chi connectivity index (χ1) is 27.4. The van der Waals surface area contributed by atoms with E-state index >= 15 is 0 Å². The van der Waals surface area contributed by atoms with Gasteiger partial charge in [0.15, 0.2) is 6.61 Å². The predicted molar refractivity (Wildman–Crippen MR) is 188 cm³/mol. The Labute approximate surface area is 321 Å². The summed E-state index contributed by atoms with van der Waals surface area (Å²) in [5.41, 5.74) is 1.59. The summed E-state index contributed by atoms with van der Waals surface area (Å²) < 4.78 is 132. The van der Waals surface area contributed by atoms with Crippen LogP contribution in [0.4, 0.5) is 39.5 Å². The summed E-state index contributed by atoms with van der Waals surface area (Å²) in [6, 6.07) is 27.3. The molecule has 5 aromatic carbocycles. The van der Waals surface area contributed by atoms with E-state index in [0.29, 0.717) is 22.3 Å². The van der Waals surface area contributed by atoms with Crippen molar-refractivity contribution in [2.24, 2.45) is 0 Å². The zero-order valence-corrected chi connectivity index (χ0v) is 28.8. The number of fused-ring (bicyclic) bond motifs is 6. The number of nitriles is 4. The Balaban J connectivity index is 1.47. The number of hydrogen-bond donors (Lipinski definition) is 0. The highest BCUT2D eigenvalue weighted by molar-refractivity contribution is 6.14. The van der Waals surface area contributed by atoms with Crippen LogP contribution in [-0.4, -0.2) is 25.5 Å². The second kappa shape index (κ2) is 14.1. The first kappa shape index (κ1) is 38.6. The van der Waals surface area contributed by atoms with Crippen LogP contribution in [0.3, 0.4) is 0 Å². The molecule has 0 N–H and O–H groups in total. The monoisotopic (exact) mass is 796 g/mol. The van der Waals surface area contributed by atoms with Crippen molar-refractivity contribution >= 4 is 11.1 Å². The molecule has 2 aliphatic rings. The van der Waals surface area contributed by atoms with Crippen molar-refractivity contribution in [3.63, 3.8) is 0 Å². The van der Waals surface area contributed by atoms with E-state index in [9.17, 15) is 60.6 Å². The minimum atomic E-state index is -4.94. The van der Waals surface area contributed by atoms with Crippen LogP contribution in [0.5, 0.6) is 17.2 Å². The zero-order chi connectivity index (χ0) is 41.7. The van der Waals surface area contributed by atoms with Crippen LogP contribution in [0.15, 0.2) is 102 Å². The third-order valence-electron chi connectivity index (χ3n) is 9.11. The Morgan fingerprint density at radius 1 is 0.448 bits per heavy atom. The Bertz CT molecular complexity index is 2560. The van der Waals surface area contributed by atoms with Gasteiger partial charge in [-0.3, -0.25) is 0 Å². The van der Waals surface area contributed by atoms with E-state index in [4.69, 9.17) is 4.74 Å². The fraction of sp³-hybridized carbons (Fsp3) is 0.0952. The number of nitrogens with zero attached hydrogens (tertiary/aromatic N) is 4. The van der Waals surface area contributed by atoms with Crippen molar-refractivity contribution < 1.29 is 53.7 Å². The first-order valence-corrected chi connectivity index (χ1v) is 16.5. The third-order valence-corrected chi connectivity index (χ3v) is 9.11. The van der Waals surface area contributed by atoms with Crippen LogP contribution >= 0.6 is 0 Å². The second-order valence-corrected chi connectivity index (χ2v) is 12.6. The molecule has 0 heterocycles. The molecule has 0 fully saturated rings. The summed E-state index contributed by atoms with van der Waals surface area (Å²) >= 11 is 0. The summed E-state index contributed by atoms with van der Waals surface area (Å²) in [5.74, 6) is -1.35. The van der Waals surface area contributed by atoms with Crippen molar-refractivity contribution in [1.29, 1.82) is 21.0 Å². The van der Waals surface area contributed by atoms with Gasteiger partial charge in [0.1, 0.15) is 52.7 Å². The second-order valence-electron chi connectivity index (χ2n) is 12.6. The highest BCUT2D eigenvalue weighted by Crippen LogP contribution is 2.60. The van der Waals surface area contributed by atoms with Crippen LogP contribution < -0.4 is 14.2 Å². The van der Waals surface area contributed by atoms with Crippen molar-refractivity contribution in [2.75, 3.05) is 6.61 Å². The van der Waals surface area contributed by atoms with Gasteiger partial charge >= 0.3 is 18.9 Å². The van der Waals surface area contributed by atoms with Gasteiger partial charge in [0, 0.05) is 22.3 Å². The Hall–Kier alpha value is -7.69. The summed E-state index contributed by atoms with van der Waals surface area (Å²) in [4.78, 5) is 0. The van der Waals surface area contributed by atoms with Crippen LogP contribution in [0, 0.1) is 45.3 Å². The average molecular weight is 797 g/mol. The number of allylic oxidation sites excluding steroid dienone is 2. The van der Waals surface area contributed by atoms with Crippen LogP contribution in [0.1, 0.15) is 22.3 Å². The maximum absolute atomic E-state index is 13.9. The van der Waals surface area contributed by atoms with E-state index in [1.54, 1.807) is 0 Å². The maximum atomic E-state index is 13.9. The molecule has 5 aromatic rings. The van der Waals surface area contributed by atoms with Gasteiger partial charge in [-0.1, -0.05) is 48.5 Å². The SMILES string of the molecule is N#CC(C#N)=C1c2cc(-c3ccc(OC(F)(F)F)cc3)ccc2-c2c1cc1c(c2OCC(F)(F)F)-c2ccc(-c3ccc(OC(F)(F)F)cc3)cc2C1=C(C#N)C#N. The molecule has 0 atom stereocenters. The van der Waals surface area contributed by atoms with E-state index in [0.717, 1.165) is 24.3 Å². The Morgan fingerprint density at radius 2 is 0.810 bits per heavy atom. The molecule has 0 bridgehead atoms. The molecule has 16 heteroatoms. The molecular weight excluding hydrogens is 779 g/mol. The van der Waals surface area contributed by atoms with E-state index in [2.05, 4.69) is 9.47 Å². The molecule has 7 nitrogen and oxygen atoms in total. The highest BCUT2D eigenvalue weighted by atomic mass is 19.4. The fourth-order valence-electron chi connectivity index (χ4n) is 6.98. The quantitative estimate of drug-likeness (QED) is 0.121. The number of halogens is 9. The van der Waals surface area contributed by atoms with E-state index in [-0.39, 0.29) is 61.4 Å². The van der Waals surface area contributed by atoms with Crippen molar-refractivity contribution in [2.45, 2.75) is 18.9 Å². The molecule has 0 spiro atoms. The van der Waals surface area contributed by atoms with Gasteiger partial charge in [-0.25, -0.2) is 0 Å². The van der Waals surface area contributed by atoms with E-state index < -0.39 is 48.2 Å². The van der Waals surface area contributed by atoms with E-state index in [1.165, 1.54) is 66.7 Å². The summed E-state index contributed by atoms with van der Waals surface area (Å²) in [6.45, 7) is -1.81. The van der Waals surface area contributed by atoms with Crippen LogP contribution in [0.2, 0.25) is 0 Å². The topological polar surface area (TPSA) is 123 Å². The van der Waals surface area contributed by atoms with Crippen molar-refractivity contribution in [3.05, 3.63) is 124 Å². The molecule has 0 aromatic heterocycles. The molecule has 2 aliphatic carbocycles. The lowest BCUT2D eigenvalue weighted by molar-refractivity contribution is -0.275. The molecule has 58 heavy (non-hydrogen) atoms. The standard InChI is InChI=1S/C42H17F9N4O3/c43-40(44,45)20-56-39-37-29-11-5-23(21-1-7-27(8-2-21)57-41(46,47)48)13-31(29)35(25(16-52)17-53)33(37)15-34-36(26(18-54)19-55)32-14-24(6-12-30(32)38(34)39)22-3-9-28(10-4-22)58-42(49,50)51/h1-15H,20H2. The van der Waals surface area contributed by atoms with Crippen LogP contribution in [-0.2, 0) is 0 Å². The molecule has 0 unspecified atom stereocenters. The van der Waals surface area contributed by atoms with Gasteiger partial charge in [-0.05, 0) is 98.1 Å². The highest BCUT2D eigenvalue weighted by Gasteiger charge is 2.40. The Kier molecular flexibility index (Phi) is 9.39. The van der Waals surface area contributed by atoms with Crippen LogP contribution in [0.25, 0.3) is 55.7 Å². The fourth-order valence-corrected chi connectivity index (χ4v) is 6.98. The minimum absolute atomic E-state index is 0.0267. The largest absolute Gasteiger partial charge is 0.573 e. The molecule has 7 rings (SSSR count). The molecule has 0 saturated carbocycles. The van der Waals surface area contributed by atoms with Crippen molar-refractivity contribution in [3.8, 4) is 86.0 Å². The first-order valence-electron chi connectivity index (χ1n) is 16.5. The summed E-state index contributed by atoms with van der Waals surface area (Å²) in [7, 11) is 0. The number of alkyl halides is 9. The smallest absolute Gasteiger partial charge is 0.483 e. The van der Waals surface area contributed by atoms with Crippen molar-refractivity contribution in [1.82, 2.24) is 0 Å². The molecule has 0 radical (unpaired) electrons. The Morgan fingerprint density at radius 3 is 1.14 bits per heavy atom. The van der Waals surface area contributed by atoms with E-state index in [1.807, 2.05) is 24.3 Å². The van der Waals surface area contributed by atoms with Gasteiger partial charge in [-0.15, -0.1) is 26.3 Å². The average Bonchev–Trinajstić information content (AvgIpc) is 3.65. The lowest BCUT2D eigenvalue weighted by Gasteiger charge is -2.18.